The summed E-state index contributed by atoms with van der Waals surface area (Å²) in [5.41, 5.74) is 2.93. The Morgan fingerprint density at radius 3 is 1.65 bits per heavy atom. The van der Waals surface area contributed by atoms with Crippen molar-refractivity contribution in [1.29, 1.82) is 0 Å². The Morgan fingerprint density at radius 2 is 1.24 bits per heavy atom. The molecular weight excluding hydrogens is 204 g/mol. The molecule has 0 amide bonds. The lowest BCUT2D eigenvalue weighted by Gasteiger charge is -2.17. The Kier molecular flexibility index (Phi) is 2.96. The first-order chi connectivity index (χ1) is 8.43. The molecule has 0 heteroatoms. The van der Waals surface area contributed by atoms with Crippen LogP contribution in [0.4, 0.5) is 0 Å². The van der Waals surface area contributed by atoms with Gasteiger partial charge in [-0.2, -0.15) is 0 Å². The van der Waals surface area contributed by atoms with E-state index in [0.717, 1.165) is 5.92 Å². The quantitative estimate of drug-likeness (QED) is 0.708. The van der Waals surface area contributed by atoms with Crippen LogP contribution in [-0.4, -0.2) is 0 Å². The van der Waals surface area contributed by atoms with Gasteiger partial charge in [-0.3, -0.25) is 0 Å². The number of rotatable bonds is 4. The largest absolute Gasteiger partial charge is 0.0622 e. The summed E-state index contributed by atoms with van der Waals surface area (Å²) in [6.07, 6.45) is 4.17. The lowest BCUT2D eigenvalue weighted by atomic mass is 9.87. The topological polar surface area (TPSA) is 0 Å². The van der Waals surface area contributed by atoms with E-state index >= 15 is 0 Å². The van der Waals surface area contributed by atoms with Crippen molar-refractivity contribution >= 4 is 0 Å². The Bertz CT molecular complexity index is 414. The molecule has 1 fully saturated rings. The minimum absolute atomic E-state index is 0.588. The Labute approximate surface area is 103 Å². The average molecular weight is 222 g/mol. The van der Waals surface area contributed by atoms with Gasteiger partial charge in [0.25, 0.3) is 0 Å². The van der Waals surface area contributed by atoms with Crippen LogP contribution >= 0.6 is 0 Å². The first-order valence-corrected chi connectivity index (χ1v) is 6.53. The lowest BCUT2D eigenvalue weighted by Crippen LogP contribution is -2.01. The average Bonchev–Trinajstić information content (AvgIpc) is 3.22. The molecule has 0 radical (unpaired) electrons. The number of hydrogen-bond donors (Lipinski definition) is 0. The van der Waals surface area contributed by atoms with Crippen LogP contribution in [0.5, 0.6) is 0 Å². The van der Waals surface area contributed by atoms with Crippen molar-refractivity contribution in [3.05, 3.63) is 71.8 Å². The van der Waals surface area contributed by atoms with Gasteiger partial charge in [0.1, 0.15) is 0 Å². The molecule has 0 N–H and O–H groups in total. The minimum Gasteiger partial charge on any atom is -0.0622 e. The van der Waals surface area contributed by atoms with Gasteiger partial charge in [-0.05, 0) is 23.5 Å². The second-order valence-electron chi connectivity index (χ2n) is 5.05. The van der Waals surface area contributed by atoms with Gasteiger partial charge in [-0.25, -0.2) is 0 Å². The van der Waals surface area contributed by atoms with Gasteiger partial charge in [0.2, 0.25) is 0 Å². The molecule has 0 saturated heterocycles. The summed E-state index contributed by atoms with van der Waals surface area (Å²) in [4.78, 5) is 0. The zero-order valence-electron chi connectivity index (χ0n) is 10.0. The number of hydrogen-bond acceptors (Lipinski definition) is 0. The van der Waals surface area contributed by atoms with E-state index in [4.69, 9.17) is 0 Å². The summed E-state index contributed by atoms with van der Waals surface area (Å²) >= 11 is 0. The molecule has 0 aromatic heterocycles. The molecule has 17 heavy (non-hydrogen) atoms. The predicted molar refractivity (Wildman–Crippen MR) is 72.1 cm³/mol. The maximum Gasteiger partial charge on any atom is 0.00919 e. The standard InChI is InChI=1S/C17H18/c1-3-7-15(8-4-1)17(13-14-11-12-14)16-9-5-2-6-10-16/h1-10,14,17H,11-13H2. The molecule has 0 heterocycles. The van der Waals surface area contributed by atoms with Crippen LogP contribution in [-0.2, 0) is 0 Å². The fraction of sp³-hybridized carbons (Fsp3) is 0.294. The molecule has 1 aliphatic rings. The highest BCUT2D eigenvalue weighted by Gasteiger charge is 2.26. The molecule has 2 aromatic rings. The molecule has 0 bridgehead atoms. The van der Waals surface area contributed by atoms with Crippen LogP contribution in [0.3, 0.4) is 0 Å². The van der Waals surface area contributed by atoms with Crippen LogP contribution < -0.4 is 0 Å². The molecular formula is C17H18. The minimum atomic E-state index is 0.588. The van der Waals surface area contributed by atoms with Crippen molar-refractivity contribution in [2.45, 2.75) is 25.2 Å². The van der Waals surface area contributed by atoms with Crippen molar-refractivity contribution in [2.75, 3.05) is 0 Å². The molecule has 0 atom stereocenters. The van der Waals surface area contributed by atoms with Gasteiger partial charge >= 0.3 is 0 Å². The third kappa shape index (κ3) is 2.58. The summed E-state index contributed by atoms with van der Waals surface area (Å²) in [6.45, 7) is 0. The normalized spacial score (nSPS) is 15.1. The van der Waals surface area contributed by atoms with Gasteiger partial charge in [-0.1, -0.05) is 73.5 Å². The van der Waals surface area contributed by atoms with E-state index in [9.17, 15) is 0 Å². The van der Waals surface area contributed by atoms with E-state index in [1.54, 1.807) is 0 Å². The van der Waals surface area contributed by atoms with Crippen molar-refractivity contribution < 1.29 is 0 Å². The number of benzene rings is 2. The van der Waals surface area contributed by atoms with E-state index < -0.39 is 0 Å². The Morgan fingerprint density at radius 1 is 0.765 bits per heavy atom. The third-order valence-corrected chi connectivity index (χ3v) is 3.67. The first-order valence-electron chi connectivity index (χ1n) is 6.53. The van der Waals surface area contributed by atoms with E-state index in [-0.39, 0.29) is 0 Å². The summed E-state index contributed by atoms with van der Waals surface area (Å²) < 4.78 is 0. The molecule has 0 nitrogen and oxygen atoms in total. The maximum absolute atomic E-state index is 2.26. The molecule has 2 aromatic carbocycles. The van der Waals surface area contributed by atoms with E-state index in [1.807, 2.05) is 0 Å². The van der Waals surface area contributed by atoms with Crippen LogP contribution in [0.25, 0.3) is 0 Å². The summed E-state index contributed by atoms with van der Waals surface area (Å²) in [6, 6.07) is 21.9. The van der Waals surface area contributed by atoms with E-state index in [0.29, 0.717) is 5.92 Å². The van der Waals surface area contributed by atoms with Crippen molar-refractivity contribution in [1.82, 2.24) is 0 Å². The van der Waals surface area contributed by atoms with Crippen LogP contribution in [0.15, 0.2) is 60.7 Å². The monoisotopic (exact) mass is 222 g/mol. The highest BCUT2D eigenvalue weighted by Crippen LogP contribution is 2.41. The van der Waals surface area contributed by atoms with Crippen LogP contribution in [0.1, 0.15) is 36.3 Å². The van der Waals surface area contributed by atoms with E-state index in [2.05, 4.69) is 60.7 Å². The predicted octanol–water partition coefficient (Wildman–Crippen LogP) is 4.62. The summed E-state index contributed by atoms with van der Waals surface area (Å²) in [5, 5.41) is 0. The Balaban J connectivity index is 1.91. The van der Waals surface area contributed by atoms with Crippen molar-refractivity contribution in [3.63, 3.8) is 0 Å². The highest BCUT2D eigenvalue weighted by atomic mass is 14.3. The molecule has 1 saturated carbocycles. The molecule has 3 rings (SSSR count). The fourth-order valence-corrected chi connectivity index (χ4v) is 2.52. The second-order valence-corrected chi connectivity index (χ2v) is 5.05. The van der Waals surface area contributed by atoms with Crippen LogP contribution in [0.2, 0.25) is 0 Å². The molecule has 86 valence electrons. The molecule has 1 aliphatic carbocycles. The smallest absolute Gasteiger partial charge is 0.00919 e. The molecule has 0 aliphatic heterocycles. The third-order valence-electron chi connectivity index (χ3n) is 3.67. The van der Waals surface area contributed by atoms with Crippen molar-refractivity contribution in [3.8, 4) is 0 Å². The van der Waals surface area contributed by atoms with E-state index in [1.165, 1.54) is 30.4 Å². The van der Waals surface area contributed by atoms with Crippen molar-refractivity contribution in [2.24, 2.45) is 5.92 Å². The van der Waals surface area contributed by atoms with Gasteiger partial charge in [0.15, 0.2) is 0 Å². The zero-order valence-corrected chi connectivity index (χ0v) is 10.0. The maximum atomic E-state index is 2.26. The molecule has 0 spiro atoms. The molecule has 0 unspecified atom stereocenters. The van der Waals surface area contributed by atoms with Gasteiger partial charge in [0, 0.05) is 5.92 Å². The van der Waals surface area contributed by atoms with Crippen LogP contribution in [0, 0.1) is 5.92 Å². The zero-order chi connectivity index (χ0) is 11.5. The van der Waals surface area contributed by atoms with Gasteiger partial charge in [-0.15, -0.1) is 0 Å². The Hall–Kier alpha value is -1.56. The lowest BCUT2D eigenvalue weighted by molar-refractivity contribution is 0.648. The summed E-state index contributed by atoms with van der Waals surface area (Å²) in [7, 11) is 0. The second kappa shape index (κ2) is 4.75. The highest BCUT2D eigenvalue weighted by molar-refractivity contribution is 5.32. The summed E-state index contributed by atoms with van der Waals surface area (Å²) in [5.74, 6) is 1.55. The fourth-order valence-electron chi connectivity index (χ4n) is 2.52. The first kappa shape index (κ1) is 10.6. The van der Waals surface area contributed by atoms with Gasteiger partial charge < -0.3 is 0 Å². The SMILES string of the molecule is c1ccc(C(CC2CC2)c2ccccc2)cc1. The van der Waals surface area contributed by atoms with Gasteiger partial charge in [0.05, 0.1) is 0 Å².